The Hall–Kier alpha value is -2.95. The zero-order valence-corrected chi connectivity index (χ0v) is 22.3. The van der Waals surface area contributed by atoms with Gasteiger partial charge < -0.3 is 20.5 Å². The Morgan fingerprint density at radius 2 is 1.58 bits per heavy atom. The Kier molecular flexibility index (Phi) is 10.9. The summed E-state index contributed by atoms with van der Waals surface area (Å²) in [4.78, 5) is 23.7. The predicted octanol–water partition coefficient (Wildman–Crippen LogP) is 3.40. The minimum Gasteiger partial charge on any atom is -0.447 e. The van der Waals surface area contributed by atoms with Gasteiger partial charge in [-0.1, -0.05) is 44.2 Å². The van der Waals surface area contributed by atoms with Crippen molar-refractivity contribution in [2.24, 2.45) is 5.92 Å². The van der Waals surface area contributed by atoms with Gasteiger partial charge in [-0.15, -0.1) is 0 Å². The SMILES string of the molecule is CC(=O)Nc1ccc(S(=O)(=O)N(CC(C)C)C[C@@H](O)[C@H](Cc2ccccc2)NC(=O)OC(C)C)cc1. The third-order valence-corrected chi connectivity index (χ3v) is 7.03. The van der Waals surface area contributed by atoms with Crippen molar-refractivity contribution >= 4 is 27.7 Å². The molecule has 2 atom stereocenters. The van der Waals surface area contributed by atoms with Crippen LogP contribution in [0.5, 0.6) is 0 Å². The number of benzene rings is 2. The van der Waals surface area contributed by atoms with Gasteiger partial charge in [-0.05, 0) is 56.0 Å². The summed E-state index contributed by atoms with van der Waals surface area (Å²) < 4.78 is 33.4. The summed E-state index contributed by atoms with van der Waals surface area (Å²) in [6, 6.07) is 14.4. The first-order valence-electron chi connectivity index (χ1n) is 12.0. The van der Waals surface area contributed by atoms with Crippen LogP contribution in [0, 0.1) is 5.92 Å². The van der Waals surface area contributed by atoms with Gasteiger partial charge >= 0.3 is 6.09 Å². The van der Waals surface area contributed by atoms with Crippen LogP contribution in [-0.2, 0) is 26.0 Å². The summed E-state index contributed by atoms with van der Waals surface area (Å²) in [6.07, 6.45) is -1.96. The zero-order chi connectivity index (χ0) is 26.9. The predicted molar refractivity (Wildman–Crippen MR) is 139 cm³/mol. The highest BCUT2D eigenvalue weighted by Crippen LogP contribution is 2.21. The normalized spacial score (nSPS) is 13.5. The van der Waals surface area contributed by atoms with Crippen LogP contribution in [0.4, 0.5) is 10.5 Å². The highest BCUT2D eigenvalue weighted by molar-refractivity contribution is 7.89. The second kappa shape index (κ2) is 13.4. The number of anilines is 1. The molecule has 3 N–H and O–H groups in total. The quantitative estimate of drug-likeness (QED) is 0.395. The highest BCUT2D eigenvalue weighted by atomic mass is 32.2. The van der Waals surface area contributed by atoms with E-state index in [1.807, 2.05) is 44.2 Å². The molecule has 0 heterocycles. The molecule has 0 aliphatic carbocycles. The molecule has 0 aromatic heterocycles. The number of aliphatic hydroxyl groups is 1. The minimum absolute atomic E-state index is 0.0166. The van der Waals surface area contributed by atoms with Gasteiger partial charge in [-0.2, -0.15) is 4.31 Å². The van der Waals surface area contributed by atoms with Crippen molar-refractivity contribution < 1.29 is 27.9 Å². The minimum atomic E-state index is -3.97. The van der Waals surface area contributed by atoms with E-state index in [1.165, 1.54) is 35.5 Å². The Bertz CT molecular complexity index is 1090. The number of sulfonamides is 1. The van der Waals surface area contributed by atoms with Crippen LogP contribution in [-0.4, -0.2) is 61.2 Å². The second-order valence-corrected chi connectivity index (χ2v) is 11.3. The Morgan fingerprint density at radius 1 is 0.972 bits per heavy atom. The average Bonchev–Trinajstić information content (AvgIpc) is 2.78. The maximum Gasteiger partial charge on any atom is 0.407 e. The second-order valence-electron chi connectivity index (χ2n) is 9.38. The van der Waals surface area contributed by atoms with Crippen molar-refractivity contribution in [2.75, 3.05) is 18.4 Å². The van der Waals surface area contributed by atoms with Crippen LogP contribution in [0.25, 0.3) is 0 Å². The molecule has 0 spiro atoms. The van der Waals surface area contributed by atoms with Gasteiger partial charge in [-0.25, -0.2) is 13.2 Å². The third kappa shape index (κ3) is 9.25. The molecule has 0 aliphatic rings. The largest absolute Gasteiger partial charge is 0.447 e. The van der Waals surface area contributed by atoms with E-state index in [1.54, 1.807) is 13.8 Å². The van der Waals surface area contributed by atoms with Gasteiger partial charge in [-0.3, -0.25) is 4.79 Å². The summed E-state index contributed by atoms with van der Waals surface area (Å²) in [5, 5.41) is 16.5. The van der Waals surface area contributed by atoms with E-state index in [-0.39, 0.29) is 42.3 Å². The number of aliphatic hydroxyl groups excluding tert-OH is 1. The molecule has 2 aromatic rings. The van der Waals surface area contributed by atoms with Crippen LogP contribution in [0.1, 0.15) is 40.2 Å². The molecule has 198 valence electrons. The van der Waals surface area contributed by atoms with Crippen LogP contribution in [0.3, 0.4) is 0 Å². The van der Waals surface area contributed by atoms with Crippen molar-refractivity contribution in [1.82, 2.24) is 9.62 Å². The lowest BCUT2D eigenvalue weighted by Crippen LogP contribution is -2.51. The number of carbonyl (C=O) groups excluding carboxylic acids is 2. The van der Waals surface area contributed by atoms with E-state index in [9.17, 15) is 23.1 Å². The summed E-state index contributed by atoms with van der Waals surface area (Å²) in [7, 11) is -3.97. The summed E-state index contributed by atoms with van der Waals surface area (Å²) >= 11 is 0. The fourth-order valence-electron chi connectivity index (χ4n) is 3.63. The Labute approximate surface area is 213 Å². The van der Waals surface area contributed by atoms with Crippen molar-refractivity contribution in [2.45, 2.75) is 64.2 Å². The van der Waals surface area contributed by atoms with E-state index >= 15 is 0 Å². The number of alkyl carbamates (subject to hydrolysis) is 1. The number of hydrogen-bond donors (Lipinski definition) is 3. The molecule has 0 saturated heterocycles. The first kappa shape index (κ1) is 29.3. The van der Waals surface area contributed by atoms with Gasteiger partial charge in [0.1, 0.15) is 0 Å². The molecule has 2 amide bonds. The first-order valence-corrected chi connectivity index (χ1v) is 13.4. The maximum absolute atomic E-state index is 13.5. The zero-order valence-electron chi connectivity index (χ0n) is 21.5. The number of nitrogens with zero attached hydrogens (tertiary/aromatic N) is 1. The number of nitrogens with one attached hydrogen (secondary N) is 2. The fraction of sp³-hybridized carbons (Fsp3) is 0.462. The van der Waals surface area contributed by atoms with Gasteiger partial charge in [0.2, 0.25) is 15.9 Å². The number of amides is 2. The smallest absolute Gasteiger partial charge is 0.407 e. The molecule has 36 heavy (non-hydrogen) atoms. The van der Waals surface area contributed by atoms with E-state index in [0.717, 1.165) is 5.56 Å². The molecule has 0 unspecified atom stereocenters. The number of rotatable bonds is 12. The monoisotopic (exact) mass is 519 g/mol. The summed E-state index contributed by atoms with van der Waals surface area (Å²) in [6.45, 7) is 8.51. The highest BCUT2D eigenvalue weighted by Gasteiger charge is 2.31. The van der Waals surface area contributed by atoms with Gasteiger partial charge in [0.05, 0.1) is 23.1 Å². The fourth-order valence-corrected chi connectivity index (χ4v) is 5.25. The van der Waals surface area contributed by atoms with E-state index in [4.69, 9.17) is 4.74 Å². The molecule has 10 heteroatoms. The third-order valence-electron chi connectivity index (χ3n) is 5.18. The van der Waals surface area contributed by atoms with Crippen LogP contribution in [0.2, 0.25) is 0 Å². The van der Waals surface area contributed by atoms with E-state index < -0.39 is 28.3 Å². The first-order chi connectivity index (χ1) is 16.9. The van der Waals surface area contributed by atoms with Gasteiger partial charge in [0.25, 0.3) is 0 Å². The van der Waals surface area contributed by atoms with Crippen LogP contribution < -0.4 is 10.6 Å². The molecular weight excluding hydrogens is 482 g/mol. The number of hydrogen-bond acceptors (Lipinski definition) is 6. The van der Waals surface area contributed by atoms with Crippen LogP contribution in [0.15, 0.2) is 59.5 Å². The molecule has 0 aliphatic heterocycles. The number of carbonyl (C=O) groups is 2. The summed E-state index contributed by atoms with van der Waals surface area (Å²) in [5.41, 5.74) is 1.35. The Morgan fingerprint density at radius 3 is 2.11 bits per heavy atom. The van der Waals surface area contributed by atoms with Crippen molar-refractivity contribution in [3.63, 3.8) is 0 Å². The molecule has 0 saturated carbocycles. The molecular formula is C26H37N3O6S. The molecule has 9 nitrogen and oxygen atoms in total. The lowest BCUT2D eigenvalue weighted by molar-refractivity contribution is -0.114. The molecule has 0 bridgehead atoms. The summed E-state index contributed by atoms with van der Waals surface area (Å²) in [5.74, 6) is -0.278. The molecule has 2 rings (SSSR count). The van der Waals surface area contributed by atoms with Crippen molar-refractivity contribution in [3.8, 4) is 0 Å². The van der Waals surface area contributed by atoms with Crippen molar-refractivity contribution in [3.05, 3.63) is 60.2 Å². The topological polar surface area (TPSA) is 125 Å². The Balaban J connectivity index is 2.30. The molecule has 2 aromatic carbocycles. The van der Waals surface area contributed by atoms with Crippen LogP contribution >= 0.6 is 0 Å². The van der Waals surface area contributed by atoms with E-state index in [0.29, 0.717) is 5.69 Å². The van der Waals surface area contributed by atoms with E-state index in [2.05, 4.69) is 10.6 Å². The van der Waals surface area contributed by atoms with Gasteiger partial charge in [0, 0.05) is 25.7 Å². The number of ether oxygens (including phenoxy) is 1. The standard InChI is InChI=1S/C26H37N3O6S/c1-18(2)16-29(36(33,34)23-13-11-22(12-14-23)27-20(5)30)17-25(31)24(28-26(32)35-19(3)4)15-21-9-7-6-8-10-21/h6-14,18-19,24-25,31H,15-17H2,1-5H3,(H,27,30)(H,28,32)/t24-,25+/m0/s1. The molecule has 0 fully saturated rings. The maximum atomic E-state index is 13.5. The van der Waals surface area contributed by atoms with Gasteiger partial charge in [0.15, 0.2) is 0 Å². The lowest BCUT2D eigenvalue weighted by Gasteiger charge is -2.30. The average molecular weight is 520 g/mol. The molecule has 0 radical (unpaired) electrons. The van der Waals surface area contributed by atoms with Crippen molar-refractivity contribution in [1.29, 1.82) is 0 Å². The lowest BCUT2D eigenvalue weighted by atomic mass is 10.0.